The largest absolute Gasteiger partial charge is 0.388 e. The van der Waals surface area contributed by atoms with E-state index < -0.39 is 0 Å². The fourth-order valence-corrected chi connectivity index (χ4v) is 2.75. The summed E-state index contributed by atoms with van der Waals surface area (Å²) in [5, 5.41) is 3.58. The van der Waals surface area contributed by atoms with Crippen LogP contribution in [0.2, 0.25) is 0 Å². The molecular formula is C14H21N3S. The van der Waals surface area contributed by atoms with Crippen molar-refractivity contribution in [3.8, 4) is 0 Å². The van der Waals surface area contributed by atoms with Crippen LogP contribution in [0.4, 0.5) is 5.69 Å². The summed E-state index contributed by atoms with van der Waals surface area (Å²) in [6.45, 7) is 4.67. The summed E-state index contributed by atoms with van der Waals surface area (Å²) in [6, 6.07) is 4.43. The number of pyridine rings is 1. The van der Waals surface area contributed by atoms with Crippen LogP contribution >= 0.6 is 12.2 Å². The van der Waals surface area contributed by atoms with Crippen molar-refractivity contribution in [3.63, 3.8) is 0 Å². The van der Waals surface area contributed by atoms with Gasteiger partial charge in [0.15, 0.2) is 0 Å². The zero-order chi connectivity index (χ0) is 13.1. The number of thiocarbonyl (C=S) groups is 1. The Morgan fingerprint density at radius 2 is 2.17 bits per heavy atom. The van der Waals surface area contributed by atoms with E-state index >= 15 is 0 Å². The van der Waals surface area contributed by atoms with Crippen molar-refractivity contribution in [3.05, 3.63) is 24.0 Å². The molecule has 1 aliphatic rings. The van der Waals surface area contributed by atoms with Crippen molar-refractivity contribution >= 4 is 22.9 Å². The molecule has 0 amide bonds. The molecular weight excluding hydrogens is 242 g/mol. The monoisotopic (exact) mass is 263 g/mol. The number of aromatic nitrogens is 1. The Labute approximate surface area is 114 Å². The van der Waals surface area contributed by atoms with E-state index in [9.17, 15) is 0 Å². The van der Waals surface area contributed by atoms with Crippen molar-refractivity contribution in [1.82, 2.24) is 4.98 Å². The van der Waals surface area contributed by atoms with Gasteiger partial charge in [-0.25, -0.2) is 0 Å². The summed E-state index contributed by atoms with van der Waals surface area (Å²) >= 11 is 4.90. The summed E-state index contributed by atoms with van der Waals surface area (Å²) in [4.78, 5) is 4.61. The van der Waals surface area contributed by atoms with Crippen molar-refractivity contribution in [2.75, 3.05) is 5.32 Å². The zero-order valence-corrected chi connectivity index (χ0v) is 11.8. The fourth-order valence-electron chi connectivity index (χ4n) is 2.62. The molecule has 4 heteroatoms. The average molecular weight is 263 g/mol. The van der Waals surface area contributed by atoms with Crippen LogP contribution < -0.4 is 11.1 Å². The number of nitrogens with one attached hydrogen (secondary N) is 1. The molecule has 0 radical (unpaired) electrons. The van der Waals surface area contributed by atoms with E-state index in [1.165, 1.54) is 19.3 Å². The van der Waals surface area contributed by atoms with Crippen molar-refractivity contribution in [2.24, 2.45) is 17.6 Å². The second-order valence-electron chi connectivity index (χ2n) is 5.31. The van der Waals surface area contributed by atoms with E-state index in [-0.39, 0.29) is 0 Å². The van der Waals surface area contributed by atoms with Gasteiger partial charge < -0.3 is 11.1 Å². The van der Waals surface area contributed by atoms with Gasteiger partial charge in [-0.05, 0) is 30.4 Å². The van der Waals surface area contributed by atoms with E-state index in [1.54, 1.807) is 0 Å². The third kappa shape index (κ3) is 2.99. The molecule has 3 atom stereocenters. The minimum Gasteiger partial charge on any atom is -0.388 e. The molecule has 18 heavy (non-hydrogen) atoms. The molecule has 1 aliphatic carbocycles. The summed E-state index contributed by atoms with van der Waals surface area (Å²) in [6.07, 6.45) is 5.71. The summed E-state index contributed by atoms with van der Waals surface area (Å²) < 4.78 is 0. The topological polar surface area (TPSA) is 50.9 Å². The second kappa shape index (κ2) is 5.65. The van der Waals surface area contributed by atoms with Gasteiger partial charge in [-0.3, -0.25) is 4.98 Å². The molecule has 0 spiro atoms. The lowest BCUT2D eigenvalue weighted by atomic mass is 9.78. The van der Waals surface area contributed by atoms with Crippen LogP contribution in [-0.4, -0.2) is 16.0 Å². The first-order valence-corrected chi connectivity index (χ1v) is 7.01. The molecule has 3 unspecified atom stereocenters. The summed E-state index contributed by atoms with van der Waals surface area (Å²) in [5.74, 6) is 1.49. The molecule has 3 N–H and O–H groups in total. The lowest BCUT2D eigenvalue weighted by Crippen LogP contribution is -2.35. The molecule has 98 valence electrons. The van der Waals surface area contributed by atoms with Gasteiger partial charge in [0, 0.05) is 6.04 Å². The van der Waals surface area contributed by atoms with Crippen molar-refractivity contribution in [1.29, 1.82) is 0 Å². The third-order valence-corrected chi connectivity index (χ3v) is 4.28. The van der Waals surface area contributed by atoms with Crippen LogP contribution in [-0.2, 0) is 0 Å². The Hall–Kier alpha value is -1.16. The molecule has 1 aromatic rings. The van der Waals surface area contributed by atoms with Crippen LogP contribution in [0.5, 0.6) is 0 Å². The number of rotatable bonds is 3. The number of hydrogen-bond donors (Lipinski definition) is 2. The lowest BCUT2D eigenvalue weighted by molar-refractivity contribution is 0.253. The van der Waals surface area contributed by atoms with E-state index in [2.05, 4.69) is 24.1 Å². The lowest BCUT2D eigenvalue weighted by Gasteiger charge is -2.35. The fraction of sp³-hybridized carbons (Fsp3) is 0.571. The van der Waals surface area contributed by atoms with Gasteiger partial charge in [-0.15, -0.1) is 0 Å². The molecule has 1 aromatic heterocycles. The first-order valence-electron chi connectivity index (χ1n) is 6.60. The van der Waals surface area contributed by atoms with Crippen molar-refractivity contribution in [2.45, 2.75) is 39.2 Å². The maximum absolute atomic E-state index is 5.54. The first-order chi connectivity index (χ1) is 8.58. The van der Waals surface area contributed by atoms with Crippen LogP contribution in [0.1, 0.15) is 38.8 Å². The van der Waals surface area contributed by atoms with Crippen LogP contribution in [0.15, 0.2) is 18.3 Å². The highest BCUT2D eigenvalue weighted by molar-refractivity contribution is 7.80. The van der Waals surface area contributed by atoms with Crippen molar-refractivity contribution < 1.29 is 0 Å². The average Bonchev–Trinajstić information content (AvgIpc) is 2.36. The molecule has 1 saturated carbocycles. The van der Waals surface area contributed by atoms with E-state index in [1.807, 2.05) is 18.3 Å². The van der Waals surface area contributed by atoms with Gasteiger partial charge in [0.25, 0.3) is 0 Å². The summed E-state index contributed by atoms with van der Waals surface area (Å²) in [7, 11) is 0. The summed E-state index contributed by atoms with van der Waals surface area (Å²) in [5.41, 5.74) is 7.27. The molecule has 1 fully saturated rings. The van der Waals surface area contributed by atoms with E-state index in [4.69, 9.17) is 18.0 Å². The molecule has 0 saturated heterocycles. The smallest absolute Gasteiger partial charge is 0.122 e. The van der Waals surface area contributed by atoms with Gasteiger partial charge in [0.2, 0.25) is 0 Å². The predicted octanol–water partition coefficient (Wildman–Crippen LogP) is 2.95. The van der Waals surface area contributed by atoms with Gasteiger partial charge in [-0.1, -0.05) is 38.9 Å². The van der Waals surface area contributed by atoms with Gasteiger partial charge in [0.1, 0.15) is 4.99 Å². The highest BCUT2D eigenvalue weighted by Crippen LogP contribution is 2.31. The Bertz CT molecular complexity index is 416. The Kier molecular flexibility index (Phi) is 4.17. The highest BCUT2D eigenvalue weighted by atomic mass is 32.1. The molecule has 0 bridgehead atoms. The van der Waals surface area contributed by atoms with Gasteiger partial charge in [-0.2, -0.15) is 0 Å². The van der Waals surface area contributed by atoms with Gasteiger partial charge >= 0.3 is 0 Å². The van der Waals surface area contributed by atoms with Crippen LogP contribution in [0.25, 0.3) is 0 Å². The molecule has 2 rings (SSSR count). The number of hydrogen-bond acceptors (Lipinski definition) is 3. The molecule has 0 aliphatic heterocycles. The molecule has 1 heterocycles. The van der Waals surface area contributed by atoms with E-state index in [0.717, 1.165) is 11.6 Å². The van der Waals surface area contributed by atoms with Crippen LogP contribution in [0, 0.1) is 11.8 Å². The number of nitrogens with two attached hydrogens (primary N) is 1. The van der Waals surface area contributed by atoms with E-state index in [0.29, 0.717) is 22.6 Å². The standard InChI is InChI=1S/C14H21N3S/c1-9-4-3-5-12(10(9)2)17-11-6-7-13(14(15)18)16-8-11/h6-10,12,17H,3-5H2,1-2H3,(H2,15,18). The zero-order valence-electron chi connectivity index (χ0n) is 11.0. The van der Waals surface area contributed by atoms with Crippen LogP contribution in [0.3, 0.4) is 0 Å². The van der Waals surface area contributed by atoms with Gasteiger partial charge in [0.05, 0.1) is 17.6 Å². The Morgan fingerprint density at radius 1 is 1.39 bits per heavy atom. The maximum atomic E-state index is 5.54. The number of anilines is 1. The minimum absolute atomic E-state index is 0.348. The second-order valence-corrected chi connectivity index (χ2v) is 5.75. The predicted molar refractivity (Wildman–Crippen MR) is 79.7 cm³/mol. The SMILES string of the molecule is CC1CCCC(Nc2ccc(C(N)=S)nc2)C1C. The third-order valence-electron chi connectivity index (χ3n) is 4.07. The number of nitrogens with zero attached hydrogens (tertiary/aromatic N) is 1. The Morgan fingerprint density at radius 3 is 2.78 bits per heavy atom. The quantitative estimate of drug-likeness (QED) is 0.823. The molecule has 3 nitrogen and oxygen atoms in total. The maximum Gasteiger partial charge on any atom is 0.122 e. The highest BCUT2D eigenvalue weighted by Gasteiger charge is 2.26. The molecule has 0 aromatic carbocycles. The normalized spacial score (nSPS) is 27.8. The Balaban J connectivity index is 2.02. The first kappa shape index (κ1) is 13.3. The minimum atomic E-state index is 0.348.